The van der Waals surface area contributed by atoms with Crippen molar-refractivity contribution in [3.8, 4) is 22.3 Å². The highest BCUT2D eigenvalue weighted by Crippen LogP contribution is 2.61. The van der Waals surface area contributed by atoms with Gasteiger partial charge in [-0.25, -0.2) is 0 Å². The molecule has 0 radical (unpaired) electrons. The number of aromatic nitrogens is 1. The summed E-state index contributed by atoms with van der Waals surface area (Å²) < 4.78 is 0. The molecule has 160 valence electrons. The third-order valence-corrected chi connectivity index (χ3v) is 7.36. The number of pyridine rings is 1. The van der Waals surface area contributed by atoms with Crippen LogP contribution in [0.15, 0.2) is 109 Å². The fourth-order valence-corrected chi connectivity index (χ4v) is 6.01. The van der Waals surface area contributed by atoms with Crippen molar-refractivity contribution in [3.63, 3.8) is 0 Å². The van der Waals surface area contributed by atoms with Gasteiger partial charge in [-0.1, -0.05) is 78.9 Å². The minimum atomic E-state index is -0.358. The van der Waals surface area contributed by atoms with Gasteiger partial charge in [-0.15, -0.1) is 0 Å². The average Bonchev–Trinajstić information content (AvgIpc) is 3.17. The number of hydrogen-bond donors (Lipinski definition) is 1. The van der Waals surface area contributed by atoms with Crippen LogP contribution in [-0.2, 0) is 5.41 Å². The maximum Gasteiger partial charge on any atom is 0.0537 e. The molecule has 1 aromatic heterocycles. The quantitative estimate of drug-likeness (QED) is 0.355. The Morgan fingerprint density at radius 3 is 2.33 bits per heavy atom. The molecule has 0 spiro atoms. The van der Waals surface area contributed by atoms with Crippen LogP contribution >= 0.6 is 0 Å². The highest BCUT2D eigenvalue weighted by Gasteiger charge is 2.50. The number of benzene rings is 3. The second-order valence-corrected chi connectivity index (χ2v) is 9.01. The number of aryl methyl sites for hydroxylation is 1. The molecule has 3 aromatic carbocycles. The van der Waals surface area contributed by atoms with Gasteiger partial charge in [0.25, 0.3) is 0 Å². The minimum absolute atomic E-state index is 0.261. The molecule has 2 N–H and O–H groups in total. The molecule has 2 atom stereocenters. The molecule has 0 bridgehead atoms. The lowest BCUT2D eigenvalue weighted by molar-refractivity contribution is 0.458. The minimum Gasteiger partial charge on any atom is -0.398 e. The molecule has 1 heterocycles. The summed E-state index contributed by atoms with van der Waals surface area (Å²) in [6.07, 6.45) is 13.8. The van der Waals surface area contributed by atoms with Crippen LogP contribution in [0, 0.1) is 12.8 Å². The molecule has 0 aliphatic heterocycles. The van der Waals surface area contributed by atoms with E-state index in [1.807, 2.05) is 12.4 Å². The van der Waals surface area contributed by atoms with Gasteiger partial charge < -0.3 is 5.73 Å². The predicted molar refractivity (Wildman–Crippen MR) is 137 cm³/mol. The molecule has 2 heteroatoms. The second-order valence-electron chi connectivity index (χ2n) is 9.01. The molecule has 2 aliphatic carbocycles. The fraction of sp³-hybridized carbons (Fsp3) is 0.129. The largest absolute Gasteiger partial charge is 0.398 e. The molecule has 33 heavy (non-hydrogen) atoms. The van der Waals surface area contributed by atoms with Crippen LogP contribution in [0.25, 0.3) is 22.3 Å². The summed E-state index contributed by atoms with van der Waals surface area (Å²) in [7, 11) is 0. The summed E-state index contributed by atoms with van der Waals surface area (Å²) in [5.41, 5.74) is 17.4. The number of nitrogen functional groups attached to an aromatic ring is 1. The van der Waals surface area contributed by atoms with Crippen LogP contribution in [0.4, 0.5) is 5.69 Å². The lowest BCUT2D eigenvalue weighted by Gasteiger charge is -2.41. The third-order valence-electron chi connectivity index (χ3n) is 7.36. The van der Waals surface area contributed by atoms with Crippen LogP contribution in [0.3, 0.4) is 0 Å². The first-order valence-corrected chi connectivity index (χ1v) is 11.6. The van der Waals surface area contributed by atoms with Crippen molar-refractivity contribution in [1.82, 2.24) is 4.98 Å². The highest BCUT2D eigenvalue weighted by molar-refractivity contribution is 5.95. The molecular formula is C31H26N2. The first-order chi connectivity index (χ1) is 16.2. The van der Waals surface area contributed by atoms with E-state index in [0.717, 1.165) is 17.7 Å². The Kier molecular flexibility index (Phi) is 4.55. The second kappa shape index (κ2) is 7.60. The molecule has 4 aromatic rings. The Balaban J connectivity index is 1.81. The molecular weight excluding hydrogens is 400 g/mol. The van der Waals surface area contributed by atoms with E-state index in [1.165, 1.54) is 38.9 Å². The molecule has 2 unspecified atom stereocenters. The summed E-state index contributed by atoms with van der Waals surface area (Å²) in [4.78, 5) is 4.36. The van der Waals surface area contributed by atoms with Gasteiger partial charge >= 0.3 is 0 Å². The van der Waals surface area contributed by atoms with Crippen LogP contribution in [0.2, 0.25) is 0 Å². The standard InChI is InChI=1S/C31H26N2/c1-21-9-5-6-12-24(21)29-28(32)16-15-26-25-13-7-8-14-27(25)31(30(26)29,22-10-3-2-4-11-22)23-17-19-33-20-18-23/h2-10,12-20,22H,11,32H2,1H3. The summed E-state index contributed by atoms with van der Waals surface area (Å²) in [6, 6.07) is 26.1. The molecule has 0 saturated heterocycles. The van der Waals surface area contributed by atoms with Crippen molar-refractivity contribution in [2.24, 2.45) is 5.92 Å². The van der Waals surface area contributed by atoms with E-state index < -0.39 is 0 Å². The van der Waals surface area contributed by atoms with E-state index in [2.05, 4.69) is 109 Å². The SMILES string of the molecule is Cc1ccccc1-c1c(N)ccc2c1C(c1ccncc1)(C1C=CC=CC1)c1ccccc1-2. The molecule has 0 amide bonds. The van der Waals surface area contributed by atoms with Gasteiger partial charge in [0.2, 0.25) is 0 Å². The van der Waals surface area contributed by atoms with E-state index >= 15 is 0 Å². The van der Waals surface area contributed by atoms with E-state index in [9.17, 15) is 0 Å². The van der Waals surface area contributed by atoms with Crippen molar-refractivity contribution < 1.29 is 0 Å². The molecule has 0 fully saturated rings. The van der Waals surface area contributed by atoms with Crippen LogP contribution in [-0.4, -0.2) is 4.98 Å². The zero-order chi connectivity index (χ0) is 22.4. The van der Waals surface area contributed by atoms with Crippen molar-refractivity contribution in [2.45, 2.75) is 18.8 Å². The number of nitrogens with zero attached hydrogens (tertiary/aromatic N) is 1. The number of rotatable bonds is 3. The Bertz CT molecular complexity index is 1410. The van der Waals surface area contributed by atoms with Crippen molar-refractivity contribution >= 4 is 5.69 Å². The normalized spacial score (nSPS) is 20.5. The van der Waals surface area contributed by atoms with Crippen molar-refractivity contribution in [3.05, 3.63) is 132 Å². The summed E-state index contributed by atoms with van der Waals surface area (Å²) in [5.74, 6) is 0.261. The predicted octanol–water partition coefficient (Wildman–Crippen LogP) is 7.09. The maximum atomic E-state index is 6.81. The van der Waals surface area contributed by atoms with E-state index in [1.54, 1.807) is 0 Å². The maximum absolute atomic E-state index is 6.81. The zero-order valence-electron chi connectivity index (χ0n) is 18.7. The highest BCUT2D eigenvalue weighted by atomic mass is 14.6. The molecule has 6 rings (SSSR count). The zero-order valence-corrected chi connectivity index (χ0v) is 18.7. The van der Waals surface area contributed by atoms with Gasteiger partial charge in [-0.3, -0.25) is 4.98 Å². The first-order valence-electron chi connectivity index (χ1n) is 11.6. The van der Waals surface area contributed by atoms with Crippen LogP contribution in [0.1, 0.15) is 28.7 Å². The lowest BCUT2D eigenvalue weighted by atomic mass is 9.61. The Morgan fingerprint density at radius 2 is 1.58 bits per heavy atom. The Morgan fingerprint density at radius 1 is 0.818 bits per heavy atom. The third kappa shape index (κ3) is 2.77. The fourth-order valence-electron chi connectivity index (χ4n) is 6.01. The topological polar surface area (TPSA) is 38.9 Å². The Labute approximate surface area is 195 Å². The molecule has 2 nitrogen and oxygen atoms in total. The van der Waals surface area contributed by atoms with Crippen LogP contribution in [0.5, 0.6) is 0 Å². The van der Waals surface area contributed by atoms with E-state index in [0.29, 0.717) is 0 Å². The lowest BCUT2D eigenvalue weighted by Crippen LogP contribution is -2.36. The van der Waals surface area contributed by atoms with Gasteiger partial charge in [-0.2, -0.15) is 0 Å². The molecule has 0 saturated carbocycles. The van der Waals surface area contributed by atoms with Crippen molar-refractivity contribution in [1.29, 1.82) is 0 Å². The number of hydrogen-bond acceptors (Lipinski definition) is 2. The van der Waals surface area contributed by atoms with Gasteiger partial charge in [0, 0.05) is 23.6 Å². The smallest absolute Gasteiger partial charge is 0.0537 e. The Hall–Kier alpha value is -3.91. The number of anilines is 1. The van der Waals surface area contributed by atoms with Gasteiger partial charge in [0.15, 0.2) is 0 Å². The van der Waals surface area contributed by atoms with Gasteiger partial charge in [0.05, 0.1) is 5.41 Å². The van der Waals surface area contributed by atoms with Gasteiger partial charge in [-0.05, 0) is 76.4 Å². The average molecular weight is 427 g/mol. The van der Waals surface area contributed by atoms with Gasteiger partial charge in [0.1, 0.15) is 0 Å². The number of allylic oxidation sites excluding steroid dienone is 4. The van der Waals surface area contributed by atoms with E-state index in [-0.39, 0.29) is 11.3 Å². The number of fused-ring (bicyclic) bond motifs is 3. The van der Waals surface area contributed by atoms with Crippen molar-refractivity contribution in [2.75, 3.05) is 5.73 Å². The van der Waals surface area contributed by atoms with Crippen LogP contribution < -0.4 is 5.73 Å². The summed E-state index contributed by atoms with van der Waals surface area (Å²) in [6.45, 7) is 2.17. The number of nitrogens with two attached hydrogens (primary N) is 1. The summed E-state index contributed by atoms with van der Waals surface area (Å²) in [5, 5.41) is 0. The summed E-state index contributed by atoms with van der Waals surface area (Å²) >= 11 is 0. The van der Waals surface area contributed by atoms with E-state index in [4.69, 9.17) is 5.73 Å². The first kappa shape index (κ1) is 19.8. The monoisotopic (exact) mass is 426 g/mol. The molecule has 2 aliphatic rings.